The molecule has 0 radical (unpaired) electrons. The van der Waals surface area contributed by atoms with Crippen molar-refractivity contribution >= 4 is 21.1 Å². The molecule has 0 aliphatic heterocycles. The number of hydrogen-bond donors (Lipinski definition) is 1. The van der Waals surface area contributed by atoms with Gasteiger partial charge in [0.15, 0.2) is 0 Å². The van der Waals surface area contributed by atoms with Crippen molar-refractivity contribution in [2.24, 2.45) is 0 Å². The van der Waals surface area contributed by atoms with Crippen molar-refractivity contribution in [3.63, 3.8) is 0 Å². The summed E-state index contributed by atoms with van der Waals surface area (Å²) in [6, 6.07) is 3.96. The van der Waals surface area contributed by atoms with Crippen molar-refractivity contribution < 1.29 is 8.42 Å². The fourth-order valence-electron chi connectivity index (χ4n) is 2.83. The quantitative estimate of drug-likeness (QED) is 0.559. The van der Waals surface area contributed by atoms with Gasteiger partial charge in [-0.25, -0.2) is 22.7 Å². The van der Waals surface area contributed by atoms with Gasteiger partial charge in [0.1, 0.15) is 12.0 Å². The van der Waals surface area contributed by atoms with Gasteiger partial charge in [-0.05, 0) is 19.4 Å². The number of unbranched alkanes of at least 4 members (excludes halogenated alkanes) is 1. The van der Waals surface area contributed by atoms with Gasteiger partial charge in [-0.3, -0.25) is 4.68 Å². The minimum Gasteiger partial charge on any atom is -0.346 e. The first-order valence-corrected chi connectivity index (χ1v) is 10.3. The first-order chi connectivity index (χ1) is 13.0. The molecule has 0 fully saturated rings. The Morgan fingerprint density at radius 1 is 1.33 bits per heavy atom. The Bertz CT molecular complexity index is 1050. The first-order valence-electron chi connectivity index (χ1n) is 8.71. The molecule has 3 heterocycles. The molecule has 0 aliphatic rings. The van der Waals surface area contributed by atoms with Gasteiger partial charge in [-0.1, -0.05) is 0 Å². The molecule has 0 aromatic carbocycles. The third-order valence-electron chi connectivity index (χ3n) is 4.29. The molecule has 27 heavy (non-hydrogen) atoms. The summed E-state index contributed by atoms with van der Waals surface area (Å²) in [6.07, 6.45) is 7.72. The highest BCUT2D eigenvalue weighted by Crippen LogP contribution is 2.24. The van der Waals surface area contributed by atoms with E-state index >= 15 is 0 Å². The molecule has 142 valence electrons. The first kappa shape index (κ1) is 19.0. The zero-order chi connectivity index (χ0) is 19.3. The lowest BCUT2D eigenvalue weighted by Crippen LogP contribution is -2.36. The molecule has 1 N–H and O–H groups in total. The van der Waals surface area contributed by atoms with Gasteiger partial charge in [-0.15, -0.1) is 0 Å². The van der Waals surface area contributed by atoms with Crippen LogP contribution >= 0.6 is 0 Å². The van der Waals surface area contributed by atoms with Gasteiger partial charge in [-0.2, -0.15) is 10.4 Å². The van der Waals surface area contributed by atoms with Crippen LogP contribution in [-0.2, 0) is 16.6 Å². The Hall–Kier alpha value is -2.77. The Morgan fingerprint density at radius 3 is 2.96 bits per heavy atom. The summed E-state index contributed by atoms with van der Waals surface area (Å²) in [4.78, 5) is 11.6. The summed E-state index contributed by atoms with van der Waals surface area (Å²) in [5.74, 6) is 0.0380. The van der Waals surface area contributed by atoms with Gasteiger partial charge < -0.3 is 4.98 Å². The second-order valence-electron chi connectivity index (χ2n) is 6.02. The number of aromatic nitrogens is 5. The van der Waals surface area contributed by atoms with Crippen molar-refractivity contribution in [3.8, 4) is 17.3 Å². The molecule has 10 heteroatoms. The molecule has 0 atom stereocenters. The highest BCUT2D eigenvalue weighted by molar-refractivity contribution is 7.89. The van der Waals surface area contributed by atoms with E-state index in [0.717, 1.165) is 22.3 Å². The zero-order valence-electron chi connectivity index (χ0n) is 15.0. The van der Waals surface area contributed by atoms with Crippen molar-refractivity contribution in [1.82, 2.24) is 29.0 Å². The van der Waals surface area contributed by atoms with Gasteiger partial charge in [0.25, 0.3) is 0 Å². The van der Waals surface area contributed by atoms with Crippen molar-refractivity contribution in [2.75, 3.05) is 18.8 Å². The summed E-state index contributed by atoms with van der Waals surface area (Å²) < 4.78 is 27.6. The number of fused-ring (bicyclic) bond motifs is 1. The van der Waals surface area contributed by atoms with E-state index in [2.05, 4.69) is 20.1 Å². The molecular formula is C17H21N7O2S. The summed E-state index contributed by atoms with van der Waals surface area (Å²) in [5.41, 5.74) is 2.38. The fraction of sp³-hybridized carbons (Fsp3) is 0.412. The normalized spacial score (nSPS) is 11.9. The maximum Gasteiger partial charge on any atom is 0.213 e. The average molecular weight is 387 g/mol. The van der Waals surface area contributed by atoms with Crippen LogP contribution in [0.5, 0.6) is 0 Å². The lowest BCUT2D eigenvalue weighted by atomic mass is 10.2. The third kappa shape index (κ3) is 4.32. The maximum absolute atomic E-state index is 12.3. The van der Waals surface area contributed by atoms with E-state index in [-0.39, 0.29) is 5.75 Å². The lowest BCUT2D eigenvalue weighted by molar-refractivity contribution is 0.380. The van der Waals surface area contributed by atoms with Crippen LogP contribution in [-0.4, -0.2) is 56.3 Å². The Balaban J connectivity index is 1.73. The lowest BCUT2D eigenvalue weighted by Gasteiger charge is -2.20. The van der Waals surface area contributed by atoms with Crippen LogP contribution in [0.15, 0.2) is 31.0 Å². The molecule has 0 amide bonds. The molecule has 0 saturated heterocycles. The maximum atomic E-state index is 12.3. The van der Waals surface area contributed by atoms with Crippen LogP contribution in [0.2, 0.25) is 0 Å². The third-order valence-corrected chi connectivity index (χ3v) is 6.17. The van der Waals surface area contributed by atoms with Crippen LogP contribution in [0.4, 0.5) is 0 Å². The highest BCUT2D eigenvalue weighted by Gasteiger charge is 2.19. The van der Waals surface area contributed by atoms with Crippen molar-refractivity contribution in [3.05, 3.63) is 31.0 Å². The summed E-state index contributed by atoms with van der Waals surface area (Å²) >= 11 is 0. The van der Waals surface area contributed by atoms with E-state index in [0.29, 0.717) is 32.5 Å². The predicted octanol–water partition coefficient (Wildman–Crippen LogP) is 1.78. The molecule has 3 aromatic rings. The zero-order valence-corrected chi connectivity index (χ0v) is 15.9. The molecular weight excluding hydrogens is 366 g/mol. The molecule has 0 saturated carbocycles. The smallest absolute Gasteiger partial charge is 0.213 e. The van der Waals surface area contributed by atoms with Crippen molar-refractivity contribution in [2.45, 2.75) is 26.3 Å². The van der Waals surface area contributed by atoms with E-state index in [1.54, 1.807) is 17.8 Å². The summed E-state index contributed by atoms with van der Waals surface area (Å²) in [6.45, 7) is 2.70. The molecule has 0 unspecified atom stereocenters. The topological polar surface area (TPSA) is 121 Å². The molecule has 3 aromatic heterocycles. The monoisotopic (exact) mass is 387 g/mol. The second-order valence-corrected chi connectivity index (χ2v) is 8.27. The Labute approximate surface area is 157 Å². The Morgan fingerprint density at radius 2 is 2.19 bits per heavy atom. The van der Waals surface area contributed by atoms with Crippen LogP contribution in [0.1, 0.15) is 19.8 Å². The standard InChI is InChI=1S/C17H21N7O2S/c1-2-27(25,26)24(8-4-3-6-18)10-9-23-12-14(11-22-23)16-15-5-7-19-17(15)21-13-20-16/h5,7,11-13H,2-4,8-10H2,1H3,(H,19,20,21). The van der Waals surface area contributed by atoms with Gasteiger partial charge >= 0.3 is 0 Å². The average Bonchev–Trinajstić information content (AvgIpc) is 3.33. The summed E-state index contributed by atoms with van der Waals surface area (Å²) in [5, 5.41) is 13.9. The molecule has 0 aliphatic carbocycles. The van der Waals surface area contributed by atoms with E-state index in [1.807, 2.05) is 24.5 Å². The second kappa shape index (κ2) is 8.28. The molecule has 9 nitrogen and oxygen atoms in total. The minimum absolute atomic E-state index is 0.0380. The van der Waals surface area contributed by atoms with Crippen LogP contribution in [0.3, 0.4) is 0 Å². The Kier molecular flexibility index (Phi) is 5.83. The number of H-pyrrole nitrogens is 1. The number of aromatic amines is 1. The molecule has 3 rings (SSSR count). The number of nitrogens with zero attached hydrogens (tertiary/aromatic N) is 6. The number of sulfonamides is 1. The van der Waals surface area contributed by atoms with Crippen LogP contribution in [0.25, 0.3) is 22.3 Å². The summed E-state index contributed by atoms with van der Waals surface area (Å²) in [7, 11) is -3.32. The fourth-order valence-corrected chi connectivity index (χ4v) is 3.96. The van der Waals surface area contributed by atoms with Crippen molar-refractivity contribution in [1.29, 1.82) is 5.26 Å². The van der Waals surface area contributed by atoms with Crippen LogP contribution in [0, 0.1) is 11.3 Å². The number of nitrogens with one attached hydrogen (secondary N) is 1. The molecule has 0 spiro atoms. The van der Waals surface area contributed by atoms with Gasteiger partial charge in [0, 0.05) is 42.9 Å². The van der Waals surface area contributed by atoms with E-state index < -0.39 is 10.0 Å². The number of nitriles is 1. The minimum atomic E-state index is -3.32. The van der Waals surface area contributed by atoms with Gasteiger partial charge in [0.05, 0.1) is 30.3 Å². The number of rotatable bonds is 9. The number of hydrogen-bond acceptors (Lipinski definition) is 6. The highest BCUT2D eigenvalue weighted by atomic mass is 32.2. The van der Waals surface area contributed by atoms with E-state index in [1.165, 1.54) is 10.6 Å². The SMILES string of the molecule is CCS(=O)(=O)N(CCCC#N)CCn1cc(-c2ncnc3[nH]ccc23)cn1. The van der Waals surface area contributed by atoms with Gasteiger partial charge in [0.2, 0.25) is 10.0 Å². The van der Waals surface area contributed by atoms with E-state index in [9.17, 15) is 8.42 Å². The largest absolute Gasteiger partial charge is 0.346 e. The van der Waals surface area contributed by atoms with E-state index in [4.69, 9.17) is 5.26 Å². The molecule has 0 bridgehead atoms. The predicted molar refractivity (Wildman–Crippen MR) is 101 cm³/mol. The van der Waals surface area contributed by atoms with Crippen LogP contribution < -0.4 is 0 Å².